The molecule has 2 amide bonds. The molecule has 7 heteroatoms. The van der Waals surface area contributed by atoms with E-state index >= 15 is 0 Å². The second-order valence-corrected chi connectivity index (χ2v) is 9.12. The van der Waals surface area contributed by atoms with Gasteiger partial charge in [-0.1, -0.05) is 72.8 Å². The van der Waals surface area contributed by atoms with E-state index in [0.717, 1.165) is 0 Å². The minimum atomic E-state index is -3.34. The van der Waals surface area contributed by atoms with Gasteiger partial charge in [-0.3, -0.25) is 9.59 Å². The van der Waals surface area contributed by atoms with Crippen molar-refractivity contribution in [2.24, 2.45) is 0 Å². The van der Waals surface area contributed by atoms with Crippen LogP contribution < -0.4 is 10.6 Å². The Morgan fingerprint density at radius 3 is 1.09 bits per heavy atom. The molecule has 0 atom stereocenters. The molecule has 0 aromatic heterocycles. The lowest BCUT2D eigenvalue weighted by Gasteiger charge is -2.03. The summed E-state index contributed by atoms with van der Waals surface area (Å²) in [6, 6.07) is 35.0. The van der Waals surface area contributed by atoms with Gasteiger partial charge >= 0.3 is 0 Å². The predicted molar refractivity (Wildman–Crippen MR) is 138 cm³/mol. The minimum Gasteiger partial charge on any atom is -0.323 e. The monoisotopic (exact) mass is 484 g/mol. The summed E-state index contributed by atoms with van der Waals surface area (Å²) < 4.78 is 24.1. The van der Waals surface area contributed by atoms with E-state index in [0.29, 0.717) is 21.2 Å². The molecule has 4 aromatic carbocycles. The highest BCUT2D eigenvalue weighted by atomic mass is 32.2. The smallest absolute Gasteiger partial charge is 0.248 e. The fraction of sp³-hybridized carbons (Fsp3) is 0. The Morgan fingerprint density at radius 1 is 0.486 bits per heavy atom. The predicted octanol–water partition coefficient (Wildman–Crippen LogP) is 5.34. The molecule has 0 spiro atoms. The number of benzene rings is 4. The van der Waals surface area contributed by atoms with Crippen LogP contribution >= 0.6 is 0 Å². The van der Waals surface area contributed by atoms with Crippen molar-refractivity contribution in [3.63, 3.8) is 0 Å². The standard InChI is InChI=1S/C16H14N2O2.C12H10O2S/c19-15(17-13-7-3-1-4-8-13)11-12-16(20)18-14-9-5-2-6-10-14;13-15(14,11-7-3-1-4-8-11)12-9-5-2-6-10-12/h1-12H,(H,17,19)(H,18,20);1-10H/b12-11+;. The number of nitrogens with one attached hydrogen (secondary N) is 2. The first-order valence-electron chi connectivity index (χ1n) is 10.7. The van der Waals surface area contributed by atoms with Crippen LogP contribution in [0.1, 0.15) is 0 Å². The molecular weight excluding hydrogens is 460 g/mol. The first-order chi connectivity index (χ1) is 16.9. The molecule has 0 aliphatic rings. The second-order valence-electron chi connectivity index (χ2n) is 7.17. The SMILES string of the molecule is O=C(/C=C/C(=O)Nc1ccccc1)Nc1ccccc1.O=S(=O)(c1ccccc1)c1ccccc1. The van der Waals surface area contributed by atoms with Crippen LogP contribution in [-0.2, 0) is 19.4 Å². The second kappa shape index (κ2) is 12.7. The van der Waals surface area contributed by atoms with Gasteiger partial charge in [-0.05, 0) is 48.5 Å². The average molecular weight is 485 g/mol. The lowest BCUT2D eigenvalue weighted by Crippen LogP contribution is -2.11. The van der Waals surface area contributed by atoms with Crippen molar-refractivity contribution in [2.45, 2.75) is 9.79 Å². The Balaban J connectivity index is 0.000000203. The molecule has 0 fully saturated rings. The number of hydrogen-bond donors (Lipinski definition) is 2. The van der Waals surface area contributed by atoms with E-state index < -0.39 is 9.84 Å². The van der Waals surface area contributed by atoms with Crippen LogP contribution in [-0.4, -0.2) is 20.2 Å². The van der Waals surface area contributed by atoms with E-state index in [1.54, 1.807) is 84.9 Å². The quantitative estimate of drug-likeness (QED) is 0.361. The number of amides is 2. The number of sulfone groups is 1. The molecule has 0 aliphatic heterocycles. The Kier molecular flexibility index (Phi) is 9.10. The average Bonchev–Trinajstić information content (AvgIpc) is 2.90. The highest BCUT2D eigenvalue weighted by Crippen LogP contribution is 2.19. The summed E-state index contributed by atoms with van der Waals surface area (Å²) in [6.45, 7) is 0. The van der Waals surface area contributed by atoms with Crippen LogP contribution in [0.3, 0.4) is 0 Å². The normalized spacial score (nSPS) is 10.6. The van der Waals surface area contributed by atoms with Gasteiger partial charge in [0.2, 0.25) is 21.7 Å². The molecule has 35 heavy (non-hydrogen) atoms. The molecule has 2 N–H and O–H groups in total. The number of anilines is 2. The van der Waals surface area contributed by atoms with Gasteiger partial charge in [0.05, 0.1) is 9.79 Å². The Bertz CT molecular complexity index is 1260. The van der Waals surface area contributed by atoms with E-state index in [2.05, 4.69) is 10.6 Å². The van der Waals surface area contributed by atoms with Gasteiger partial charge < -0.3 is 10.6 Å². The van der Waals surface area contributed by atoms with E-state index in [9.17, 15) is 18.0 Å². The summed E-state index contributed by atoms with van der Waals surface area (Å²) in [5.74, 6) is -0.696. The maximum absolute atomic E-state index is 12.0. The van der Waals surface area contributed by atoms with E-state index in [1.807, 2.05) is 36.4 Å². The topological polar surface area (TPSA) is 92.3 Å². The summed E-state index contributed by atoms with van der Waals surface area (Å²) in [4.78, 5) is 23.8. The summed E-state index contributed by atoms with van der Waals surface area (Å²) >= 11 is 0. The van der Waals surface area contributed by atoms with Gasteiger partial charge in [-0.15, -0.1) is 0 Å². The van der Waals surface area contributed by atoms with Crippen LogP contribution in [0.5, 0.6) is 0 Å². The molecule has 0 saturated carbocycles. The van der Waals surface area contributed by atoms with Crippen molar-refractivity contribution in [1.82, 2.24) is 0 Å². The third-order valence-corrected chi connectivity index (χ3v) is 6.36. The molecule has 0 heterocycles. The molecule has 0 bridgehead atoms. The lowest BCUT2D eigenvalue weighted by atomic mass is 10.3. The minimum absolute atomic E-state index is 0.330. The molecule has 4 aromatic rings. The van der Waals surface area contributed by atoms with Gasteiger partial charge in [-0.25, -0.2) is 8.42 Å². The maximum Gasteiger partial charge on any atom is 0.248 e. The van der Waals surface area contributed by atoms with Gasteiger partial charge in [0.1, 0.15) is 0 Å². The molecular formula is C28H24N2O4S. The van der Waals surface area contributed by atoms with Gasteiger partial charge in [0.15, 0.2) is 0 Å². The van der Waals surface area contributed by atoms with Gasteiger partial charge in [0.25, 0.3) is 0 Å². The van der Waals surface area contributed by atoms with Crippen molar-refractivity contribution in [3.05, 3.63) is 133 Å². The van der Waals surface area contributed by atoms with Crippen molar-refractivity contribution in [3.8, 4) is 0 Å². The van der Waals surface area contributed by atoms with Crippen molar-refractivity contribution >= 4 is 33.0 Å². The maximum atomic E-state index is 12.0. The Morgan fingerprint density at radius 2 is 0.771 bits per heavy atom. The molecule has 0 unspecified atom stereocenters. The fourth-order valence-electron chi connectivity index (χ4n) is 2.90. The van der Waals surface area contributed by atoms with Crippen LogP contribution in [0.2, 0.25) is 0 Å². The van der Waals surface area contributed by atoms with Gasteiger partial charge in [0, 0.05) is 23.5 Å². The summed E-state index contributed by atoms with van der Waals surface area (Å²) in [5, 5.41) is 5.31. The first kappa shape index (κ1) is 25.1. The molecule has 4 rings (SSSR count). The molecule has 0 aliphatic carbocycles. The number of para-hydroxylation sites is 2. The molecule has 176 valence electrons. The zero-order valence-electron chi connectivity index (χ0n) is 18.7. The fourth-order valence-corrected chi connectivity index (χ4v) is 4.20. The molecule has 6 nitrogen and oxygen atoms in total. The van der Waals surface area contributed by atoms with E-state index in [4.69, 9.17) is 0 Å². The van der Waals surface area contributed by atoms with Crippen LogP contribution in [0.4, 0.5) is 11.4 Å². The zero-order chi connectivity index (χ0) is 24.9. The van der Waals surface area contributed by atoms with Crippen molar-refractivity contribution in [2.75, 3.05) is 10.6 Å². The highest BCUT2D eigenvalue weighted by Gasteiger charge is 2.15. The highest BCUT2D eigenvalue weighted by molar-refractivity contribution is 7.91. The van der Waals surface area contributed by atoms with Crippen LogP contribution in [0.15, 0.2) is 143 Å². The lowest BCUT2D eigenvalue weighted by molar-refractivity contribution is -0.114. The Labute approximate surface area is 204 Å². The van der Waals surface area contributed by atoms with Gasteiger partial charge in [-0.2, -0.15) is 0 Å². The van der Waals surface area contributed by atoms with Crippen molar-refractivity contribution in [1.29, 1.82) is 0 Å². The summed E-state index contributed by atoms with van der Waals surface area (Å²) in [6.07, 6.45) is 2.40. The van der Waals surface area contributed by atoms with Crippen LogP contribution in [0.25, 0.3) is 0 Å². The summed E-state index contributed by atoms with van der Waals surface area (Å²) in [5.41, 5.74) is 1.37. The number of hydrogen-bond acceptors (Lipinski definition) is 4. The molecule has 0 radical (unpaired) electrons. The number of carbonyl (C=O) groups excluding carboxylic acids is 2. The Hall–Kier alpha value is -4.49. The number of rotatable bonds is 6. The largest absolute Gasteiger partial charge is 0.323 e. The first-order valence-corrected chi connectivity index (χ1v) is 12.2. The molecule has 0 saturated heterocycles. The zero-order valence-corrected chi connectivity index (χ0v) is 19.6. The van der Waals surface area contributed by atoms with E-state index in [1.165, 1.54) is 12.2 Å². The third kappa shape index (κ3) is 8.10. The van der Waals surface area contributed by atoms with Crippen molar-refractivity contribution < 1.29 is 18.0 Å². The van der Waals surface area contributed by atoms with Crippen LogP contribution in [0, 0.1) is 0 Å². The van der Waals surface area contributed by atoms with E-state index in [-0.39, 0.29) is 11.8 Å². The summed E-state index contributed by atoms with van der Waals surface area (Å²) in [7, 11) is -3.34. The third-order valence-electron chi connectivity index (χ3n) is 4.58. The number of carbonyl (C=O) groups is 2.